The normalized spacial score (nSPS) is 18.1. The summed E-state index contributed by atoms with van der Waals surface area (Å²) in [5.74, 6) is -10.7. The molecule has 7 atom stereocenters. The lowest BCUT2D eigenvalue weighted by Crippen LogP contribution is -2.62. The molecule has 1 aromatic carbocycles. The summed E-state index contributed by atoms with van der Waals surface area (Å²) in [6.45, 7) is 13.6. The fourth-order valence-corrected chi connectivity index (χ4v) is 7.40. The number of benzene rings is 1. The highest BCUT2D eigenvalue weighted by atomic mass is 35.5. The number of Topliss-reactive ketones (excluding diaryl/α,β-unsaturated/α-hetero) is 1. The molecule has 0 aliphatic heterocycles. The summed E-state index contributed by atoms with van der Waals surface area (Å²) in [6, 6.07) is -1.83. The zero-order valence-electron chi connectivity index (χ0n) is 37.5. The lowest BCUT2D eigenvalue weighted by atomic mass is 9.85. The first-order valence-corrected chi connectivity index (χ1v) is 21.8. The van der Waals surface area contributed by atoms with Crippen LogP contribution in [-0.4, -0.2) is 110 Å². The van der Waals surface area contributed by atoms with Gasteiger partial charge in [0.05, 0.1) is 17.9 Å². The summed E-state index contributed by atoms with van der Waals surface area (Å²) in [5.41, 5.74) is 4.17. The standard InChI is InChI=1S/C43H63Cl2N7O12/c1-9-10-15-25(32(57)34(46)58)47-36(60)27(18-22(2)3)50-39(63)33(41(5,6)7)52-38(62)28(19-24-14-12-11-13-23(24)4)49-35(59)26(16-17-30(53)54)48-37(61)29(20-31(55)56)51-40(64)42(8)21-43(42,44)45/h11-14,22,25-29,33H,9-10,15-21H2,1-8H3,(H2,46,58)(H,47,60)(H,48,61)(H,49,59)(H,50,63)(H,51,64)(H,52,62)(H,53,54)(H,55,56)/t25-,26-,27-,28-,29-,33+,42?/m0/s1. The Hall–Kier alpha value is -5.30. The Kier molecular flexibility index (Phi) is 20.2. The van der Waals surface area contributed by atoms with Gasteiger partial charge in [0.15, 0.2) is 0 Å². The number of ketones is 1. The van der Waals surface area contributed by atoms with Gasteiger partial charge in [-0.05, 0) is 62.0 Å². The first kappa shape index (κ1) is 54.8. The minimum atomic E-state index is -1.75. The molecule has 1 fully saturated rings. The Morgan fingerprint density at radius 1 is 0.734 bits per heavy atom. The monoisotopic (exact) mass is 939 g/mol. The molecule has 19 nitrogen and oxygen atoms in total. The summed E-state index contributed by atoms with van der Waals surface area (Å²) >= 11 is 12.2. The second-order valence-electron chi connectivity index (χ2n) is 18.0. The second-order valence-corrected chi connectivity index (χ2v) is 19.4. The van der Waals surface area contributed by atoms with Gasteiger partial charge in [-0.25, -0.2) is 0 Å². The lowest BCUT2D eigenvalue weighted by Gasteiger charge is -2.34. The summed E-state index contributed by atoms with van der Waals surface area (Å²) < 4.78 is -1.47. The van der Waals surface area contributed by atoms with Crippen LogP contribution < -0.4 is 37.6 Å². The maximum Gasteiger partial charge on any atom is 0.305 e. The van der Waals surface area contributed by atoms with Crippen LogP contribution in [-0.2, 0) is 54.4 Å². The van der Waals surface area contributed by atoms with Gasteiger partial charge < -0.3 is 47.8 Å². The first-order chi connectivity index (χ1) is 29.5. The van der Waals surface area contributed by atoms with Crippen molar-refractivity contribution < 1.29 is 58.2 Å². The number of halogens is 2. The molecular formula is C43H63Cl2N7O12. The van der Waals surface area contributed by atoms with Crippen LogP contribution in [0.4, 0.5) is 0 Å². The molecule has 1 aliphatic rings. The molecule has 7 amide bonds. The van der Waals surface area contributed by atoms with Gasteiger partial charge in [-0.1, -0.05) is 78.6 Å². The van der Waals surface area contributed by atoms with E-state index < -0.39 is 130 Å². The fraction of sp³-hybridized carbons (Fsp3) is 0.628. The second kappa shape index (κ2) is 23.6. The van der Waals surface area contributed by atoms with Gasteiger partial charge in [0.25, 0.3) is 5.91 Å². The molecule has 0 saturated heterocycles. The number of alkyl halides is 2. The number of hydrogen-bond acceptors (Lipinski definition) is 10. The highest BCUT2D eigenvalue weighted by molar-refractivity contribution is 6.53. The average Bonchev–Trinajstić information content (AvgIpc) is 3.72. The van der Waals surface area contributed by atoms with Crippen LogP contribution in [0.3, 0.4) is 0 Å². The van der Waals surface area contributed by atoms with E-state index in [1.807, 2.05) is 6.92 Å². The third kappa shape index (κ3) is 16.4. The highest BCUT2D eigenvalue weighted by Crippen LogP contribution is 2.63. The third-order valence-corrected chi connectivity index (χ3v) is 11.9. The number of unbranched alkanes of at least 4 members (excludes halogenated alkanes) is 1. The Morgan fingerprint density at radius 2 is 1.25 bits per heavy atom. The van der Waals surface area contributed by atoms with Crippen molar-refractivity contribution in [1.29, 1.82) is 0 Å². The molecule has 2 rings (SSSR count). The molecular weight excluding hydrogens is 877 g/mol. The van der Waals surface area contributed by atoms with Crippen molar-refractivity contribution in [3.05, 3.63) is 35.4 Å². The Balaban J connectivity index is 2.49. The van der Waals surface area contributed by atoms with E-state index in [1.165, 1.54) is 6.92 Å². The minimum Gasteiger partial charge on any atom is -0.481 e. The molecule has 1 unspecified atom stereocenters. The summed E-state index contributed by atoms with van der Waals surface area (Å²) in [7, 11) is 0. The Morgan fingerprint density at radius 3 is 1.75 bits per heavy atom. The van der Waals surface area contributed by atoms with Crippen LogP contribution in [0.2, 0.25) is 0 Å². The maximum absolute atomic E-state index is 14.4. The van der Waals surface area contributed by atoms with Crippen molar-refractivity contribution >= 4 is 82.3 Å². The molecule has 64 heavy (non-hydrogen) atoms. The molecule has 0 bridgehead atoms. The van der Waals surface area contributed by atoms with Crippen molar-refractivity contribution in [1.82, 2.24) is 31.9 Å². The SMILES string of the molecule is CCCC[C@H](NC(=O)[C@H](CC(C)C)NC(=O)[C@@H](NC(=O)[C@H](Cc1ccccc1C)NC(=O)[C@H](CCC(=O)O)NC(=O)[C@H](CC(=O)O)NC(=O)C1(C)CC1(Cl)Cl)C(C)(C)C)C(=O)C(N)=O. The molecule has 10 N–H and O–H groups in total. The van der Waals surface area contributed by atoms with Gasteiger partial charge in [-0.15, -0.1) is 23.2 Å². The smallest absolute Gasteiger partial charge is 0.305 e. The number of aryl methyl sites for hydroxylation is 1. The molecule has 1 aliphatic carbocycles. The molecule has 21 heteroatoms. The zero-order valence-corrected chi connectivity index (χ0v) is 39.0. The van der Waals surface area contributed by atoms with E-state index in [2.05, 4.69) is 31.9 Å². The van der Waals surface area contributed by atoms with E-state index in [0.29, 0.717) is 18.4 Å². The van der Waals surface area contributed by atoms with E-state index in [1.54, 1.807) is 65.8 Å². The number of nitrogens with two attached hydrogens (primary N) is 1. The maximum atomic E-state index is 14.4. The number of rotatable bonds is 26. The van der Waals surface area contributed by atoms with Gasteiger partial charge >= 0.3 is 11.9 Å². The van der Waals surface area contributed by atoms with Crippen LogP contribution in [0, 0.1) is 23.7 Å². The summed E-state index contributed by atoms with van der Waals surface area (Å²) in [5, 5.41) is 34.2. The van der Waals surface area contributed by atoms with Crippen LogP contribution >= 0.6 is 23.2 Å². The molecule has 1 aromatic rings. The number of hydrogen-bond donors (Lipinski definition) is 9. The summed E-state index contributed by atoms with van der Waals surface area (Å²) in [4.78, 5) is 131. The van der Waals surface area contributed by atoms with E-state index in [4.69, 9.17) is 28.9 Å². The zero-order chi connectivity index (χ0) is 48.9. The molecule has 356 valence electrons. The van der Waals surface area contributed by atoms with Crippen molar-refractivity contribution in [2.24, 2.45) is 22.5 Å². The van der Waals surface area contributed by atoms with Gasteiger partial charge in [-0.3, -0.25) is 47.9 Å². The van der Waals surface area contributed by atoms with Gasteiger partial charge in [0, 0.05) is 12.8 Å². The number of aliphatic carboxylic acids is 2. The van der Waals surface area contributed by atoms with Crippen LogP contribution in [0.15, 0.2) is 24.3 Å². The lowest BCUT2D eigenvalue weighted by molar-refractivity contribution is -0.141. The number of carboxylic acid groups (broad SMARTS) is 2. The fourth-order valence-electron chi connectivity index (χ4n) is 6.69. The van der Waals surface area contributed by atoms with E-state index >= 15 is 0 Å². The van der Waals surface area contributed by atoms with Crippen LogP contribution in [0.25, 0.3) is 0 Å². The molecule has 0 aromatic heterocycles. The predicted molar refractivity (Wildman–Crippen MR) is 235 cm³/mol. The highest BCUT2D eigenvalue weighted by Gasteiger charge is 2.68. The first-order valence-electron chi connectivity index (χ1n) is 21.1. The Labute approximate surface area is 382 Å². The number of carbonyl (C=O) groups is 10. The van der Waals surface area contributed by atoms with E-state index in [-0.39, 0.29) is 31.6 Å². The number of primary amides is 1. The topological polar surface area (TPSA) is 309 Å². The van der Waals surface area contributed by atoms with Crippen LogP contribution in [0.1, 0.15) is 111 Å². The third-order valence-electron chi connectivity index (χ3n) is 10.8. The molecule has 1 saturated carbocycles. The Bertz CT molecular complexity index is 1940. The largest absolute Gasteiger partial charge is 0.481 e. The average molecular weight is 941 g/mol. The van der Waals surface area contributed by atoms with Crippen molar-refractivity contribution in [2.45, 2.75) is 154 Å². The van der Waals surface area contributed by atoms with E-state index in [9.17, 15) is 58.2 Å². The van der Waals surface area contributed by atoms with Gasteiger partial charge in [0.2, 0.25) is 41.2 Å². The van der Waals surface area contributed by atoms with Crippen molar-refractivity contribution in [3.63, 3.8) is 0 Å². The van der Waals surface area contributed by atoms with Crippen LogP contribution in [0.5, 0.6) is 0 Å². The molecule has 0 spiro atoms. The van der Waals surface area contributed by atoms with Gasteiger partial charge in [0.1, 0.15) is 34.5 Å². The predicted octanol–water partition coefficient (Wildman–Crippen LogP) is 1.71. The van der Waals surface area contributed by atoms with E-state index in [0.717, 1.165) is 5.56 Å². The number of amides is 7. The summed E-state index contributed by atoms with van der Waals surface area (Å²) in [6.07, 6.45) is -0.905. The van der Waals surface area contributed by atoms with Crippen molar-refractivity contribution in [3.8, 4) is 0 Å². The number of nitrogens with one attached hydrogen (secondary N) is 6. The molecule has 0 heterocycles. The number of carbonyl (C=O) groups excluding carboxylic acids is 8. The minimum absolute atomic E-state index is 0.00997. The molecule has 0 radical (unpaired) electrons. The quantitative estimate of drug-likeness (QED) is 0.0474. The number of carboxylic acids is 2. The van der Waals surface area contributed by atoms with Crippen molar-refractivity contribution in [2.75, 3.05) is 0 Å². The van der Waals surface area contributed by atoms with Gasteiger partial charge in [-0.2, -0.15) is 0 Å².